The molecule has 0 bridgehead atoms. The Morgan fingerprint density at radius 1 is 1.31 bits per heavy atom. The van der Waals surface area contributed by atoms with Crippen molar-refractivity contribution in [3.8, 4) is 0 Å². The molecule has 2 aliphatic rings. The topological polar surface area (TPSA) is 61.4 Å². The van der Waals surface area contributed by atoms with E-state index in [-0.39, 0.29) is 17.9 Å². The summed E-state index contributed by atoms with van der Waals surface area (Å²) in [5, 5.41) is 5.80. The molecule has 1 atom stereocenters. The van der Waals surface area contributed by atoms with Crippen LogP contribution in [0.4, 0.5) is 0 Å². The number of hydrogen-bond acceptors (Lipinski definition) is 3. The first kappa shape index (κ1) is 11.4. The Balaban J connectivity index is 1.90. The Labute approximate surface area is 95.6 Å². The predicted octanol–water partition coefficient (Wildman–Crippen LogP) is -0.525. The van der Waals surface area contributed by atoms with Crippen LogP contribution in [-0.2, 0) is 9.59 Å². The fraction of sp³-hybridized carbons (Fsp3) is 0.818. The number of rotatable bonds is 4. The maximum atomic E-state index is 11.9. The Bertz CT molecular complexity index is 289. The smallest absolute Gasteiger partial charge is 0.243 e. The first-order chi connectivity index (χ1) is 7.72. The minimum atomic E-state index is -0.235. The van der Waals surface area contributed by atoms with Gasteiger partial charge in [-0.15, -0.1) is 0 Å². The molecular weight excluding hydrogens is 206 g/mol. The summed E-state index contributed by atoms with van der Waals surface area (Å²) in [5.74, 6) is 0.0559. The molecule has 1 saturated heterocycles. The number of hydrogen-bond donors (Lipinski definition) is 2. The zero-order chi connectivity index (χ0) is 11.5. The van der Waals surface area contributed by atoms with Crippen molar-refractivity contribution in [3.63, 3.8) is 0 Å². The minimum Gasteiger partial charge on any atom is -0.352 e. The molecule has 1 heterocycles. The molecule has 90 valence electrons. The van der Waals surface area contributed by atoms with E-state index in [0.29, 0.717) is 19.1 Å². The average molecular weight is 225 g/mol. The van der Waals surface area contributed by atoms with E-state index in [4.69, 9.17) is 0 Å². The van der Waals surface area contributed by atoms with Crippen molar-refractivity contribution in [1.82, 2.24) is 15.5 Å². The summed E-state index contributed by atoms with van der Waals surface area (Å²) in [5.41, 5.74) is 0. The molecule has 1 aliphatic carbocycles. The van der Waals surface area contributed by atoms with Crippen molar-refractivity contribution in [3.05, 3.63) is 0 Å². The summed E-state index contributed by atoms with van der Waals surface area (Å²) in [6, 6.07) is 0.135. The Morgan fingerprint density at radius 3 is 2.69 bits per heavy atom. The van der Waals surface area contributed by atoms with Crippen molar-refractivity contribution in [2.75, 3.05) is 20.1 Å². The summed E-state index contributed by atoms with van der Waals surface area (Å²) in [4.78, 5) is 25.3. The number of carbonyl (C=O) groups excluding carboxylic acids is 2. The van der Waals surface area contributed by atoms with Crippen molar-refractivity contribution >= 4 is 11.8 Å². The Morgan fingerprint density at radius 2 is 2.06 bits per heavy atom. The predicted molar refractivity (Wildman–Crippen MR) is 59.8 cm³/mol. The lowest BCUT2D eigenvalue weighted by molar-refractivity contribution is -0.137. The van der Waals surface area contributed by atoms with Gasteiger partial charge >= 0.3 is 0 Å². The monoisotopic (exact) mass is 225 g/mol. The Kier molecular flexibility index (Phi) is 3.43. The molecule has 5 nitrogen and oxygen atoms in total. The number of likely N-dealkylation sites (N-methyl/N-ethyl adjacent to an activating group) is 1. The second-order valence-electron chi connectivity index (χ2n) is 4.56. The third kappa shape index (κ3) is 2.52. The number of amides is 2. The zero-order valence-electron chi connectivity index (χ0n) is 9.66. The van der Waals surface area contributed by atoms with Gasteiger partial charge in [0.1, 0.15) is 6.04 Å². The first-order valence-electron chi connectivity index (χ1n) is 5.97. The van der Waals surface area contributed by atoms with E-state index in [0.717, 1.165) is 25.7 Å². The Hall–Kier alpha value is -1.10. The van der Waals surface area contributed by atoms with E-state index in [1.807, 2.05) is 0 Å². The van der Waals surface area contributed by atoms with E-state index in [1.54, 1.807) is 11.9 Å². The summed E-state index contributed by atoms with van der Waals surface area (Å²) in [6.45, 7) is 1.02. The highest BCUT2D eigenvalue weighted by molar-refractivity contribution is 5.89. The van der Waals surface area contributed by atoms with E-state index < -0.39 is 0 Å². The van der Waals surface area contributed by atoms with Gasteiger partial charge in [0, 0.05) is 12.6 Å². The fourth-order valence-electron chi connectivity index (χ4n) is 2.12. The van der Waals surface area contributed by atoms with E-state index in [9.17, 15) is 9.59 Å². The van der Waals surface area contributed by atoms with Crippen LogP contribution in [-0.4, -0.2) is 48.9 Å². The standard InChI is InChI=1S/C11H19N3O2/c1-12-7-10(15)14-6-2-3-9(14)11(16)13-8-4-5-8/h8-9,12H,2-7H2,1H3,(H,13,16)/t9-/m0/s1. The van der Waals surface area contributed by atoms with Crippen LogP contribution >= 0.6 is 0 Å². The van der Waals surface area contributed by atoms with E-state index in [1.165, 1.54) is 0 Å². The molecule has 0 aromatic carbocycles. The van der Waals surface area contributed by atoms with Gasteiger partial charge in [-0.3, -0.25) is 9.59 Å². The van der Waals surface area contributed by atoms with Crippen LogP contribution in [0.15, 0.2) is 0 Å². The third-order valence-electron chi connectivity index (χ3n) is 3.13. The highest BCUT2D eigenvalue weighted by atomic mass is 16.2. The molecule has 1 saturated carbocycles. The van der Waals surface area contributed by atoms with Gasteiger partial charge in [-0.05, 0) is 32.7 Å². The molecule has 0 radical (unpaired) electrons. The lowest BCUT2D eigenvalue weighted by atomic mass is 10.2. The summed E-state index contributed by atoms with van der Waals surface area (Å²) in [6.07, 6.45) is 3.90. The average Bonchev–Trinajstić information content (AvgIpc) is 2.93. The molecule has 0 aromatic heterocycles. The number of nitrogens with zero attached hydrogens (tertiary/aromatic N) is 1. The molecule has 16 heavy (non-hydrogen) atoms. The molecule has 2 amide bonds. The van der Waals surface area contributed by atoms with Gasteiger partial charge in [0.2, 0.25) is 11.8 Å². The molecular formula is C11H19N3O2. The van der Waals surface area contributed by atoms with Gasteiger partial charge in [0.25, 0.3) is 0 Å². The van der Waals surface area contributed by atoms with Crippen molar-refractivity contribution < 1.29 is 9.59 Å². The van der Waals surface area contributed by atoms with Crippen LogP contribution in [0, 0.1) is 0 Å². The number of carbonyl (C=O) groups is 2. The summed E-state index contributed by atoms with van der Waals surface area (Å²) < 4.78 is 0. The molecule has 5 heteroatoms. The van der Waals surface area contributed by atoms with Crippen LogP contribution in [0.3, 0.4) is 0 Å². The van der Waals surface area contributed by atoms with Crippen molar-refractivity contribution in [2.45, 2.75) is 37.8 Å². The molecule has 0 unspecified atom stereocenters. The van der Waals surface area contributed by atoms with Gasteiger partial charge < -0.3 is 15.5 Å². The van der Waals surface area contributed by atoms with Crippen LogP contribution in [0.2, 0.25) is 0 Å². The second kappa shape index (κ2) is 4.82. The summed E-state index contributed by atoms with van der Waals surface area (Å²) >= 11 is 0. The second-order valence-corrected chi connectivity index (χ2v) is 4.56. The first-order valence-corrected chi connectivity index (χ1v) is 5.97. The molecule has 2 fully saturated rings. The van der Waals surface area contributed by atoms with E-state index >= 15 is 0 Å². The highest BCUT2D eigenvalue weighted by Crippen LogP contribution is 2.22. The van der Waals surface area contributed by atoms with Gasteiger partial charge in [0.15, 0.2) is 0 Å². The third-order valence-corrected chi connectivity index (χ3v) is 3.13. The molecule has 2 N–H and O–H groups in total. The van der Waals surface area contributed by atoms with Gasteiger partial charge in [-0.1, -0.05) is 0 Å². The normalized spacial score (nSPS) is 24.6. The van der Waals surface area contributed by atoms with Crippen molar-refractivity contribution in [2.24, 2.45) is 0 Å². The maximum Gasteiger partial charge on any atom is 0.243 e. The largest absolute Gasteiger partial charge is 0.352 e. The van der Waals surface area contributed by atoms with Crippen molar-refractivity contribution in [1.29, 1.82) is 0 Å². The maximum absolute atomic E-state index is 11.9. The minimum absolute atomic E-state index is 0.0240. The lowest BCUT2D eigenvalue weighted by Gasteiger charge is -2.23. The number of likely N-dealkylation sites (tertiary alicyclic amines) is 1. The number of nitrogens with one attached hydrogen (secondary N) is 2. The molecule has 2 rings (SSSR count). The van der Waals surface area contributed by atoms with E-state index in [2.05, 4.69) is 10.6 Å². The van der Waals surface area contributed by atoms with Crippen LogP contribution in [0.5, 0.6) is 0 Å². The van der Waals surface area contributed by atoms with Gasteiger partial charge in [-0.25, -0.2) is 0 Å². The lowest BCUT2D eigenvalue weighted by Crippen LogP contribution is -2.48. The quantitative estimate of drug-likeness (QED) is 0.676. The highest BCUT2D eigenvalue weighted by Gasteiger charge is 2.35. The van der Waals surface area contributed by atoms with Crippen LogP contribution in [0.1, 0.15) is 25.7 Å². The molecule has 0 spiro atoms. The van der Waals surface area contributed by atoms with Gasteiger partial charge in [-0.2, -0.15) is 0 Å². The SMILES string of the molecule is CNCC(=O)N1CCC[C@H]1C(=O)NC1CC1. The zero-order valence-corrected chi connectivity index (χ0v) is 9.66. The summed E-state index contributed by atoms with van der Waals surface area (Å²) in [7, 11) is 1.74. The van der Waals surface area contributed by atoms with Crippen LogP contribution < -0.4 is 10.6 Å². The van der Waals surface area contributed by atoms with Gasteiger partial charge in [0.05, 0.1) is 6.54 Å². The molecule has 1 aliphatic heterocycles. The molecule has 0 aromatic rings. The van der Waals surface area contributed by atoms with Crippen LogP contribution in [0.25, 0.3) is 0 Å². The fourth-order valence-corrected chi connectivity index (χ4v) is 2.12.